The second-order valence-corrected chi connectivity index (χ2v) is 5.71. The summed E-state index contributed by atoms with van der Waals surface area (Å²) in [4.78, 5) is 4.48. The molecule has 1 aliphatic rings. The minimum Gasteiger partial charge on any atom is -0.431 e. The Bertz CT molecular complexity index is 947. The molecule has 0 aliphatic carbocycles. The van der Waals surface area contributed by atoms with Crippen molar-refractivity contribution in [2.75, 3.05) is 12.1 Å². The molecule has 0 saturated carbocycles. The number of hydrogen-bond acceptors (Lipinski definition) is 6. The molecule has 0 N–H and O–H groups in total. The van der Waals surface area contributed by atoms with Gasteiger partial charge in [-0.1, -0.05) is 11.6 Å². The average molecular weight is 329 g/mol. The summed E-state index contributed by atoms with van der Waals surface area (Å²) in [6.45, 7) is 3.82. The zero-order valence-electron chi connectivity index (χ0n) is 12.8. The third-order valence-electron chi connectivity index (χ3n) is 3.72. The second kappa shape index (κ2) is 4.92. The Balaban J connectivity index is 1.86. The number of aromatic nitrogens is 4. The molecule has 116 valence electrons. The molecule has 0 atom stereocenters. The summed E-state index contributed by atoms with van der Waals surface area (Å²) < 4.78 is 7.88. The minimum atomic E-state index is 0.492. The van der Waals surface area contributed by atoms with Crippen LogP contribution in [0.25, 0.3) is 5.78 Å². The molecule has 0 amide bonds. The highest BCUT2D eigenvalue weighted by Gasteiger charge is 2.26. The number of hydrogen-bond donors (Lipinski definition) is 0. The van der Waals surface area contributed by atoms with E-state index in [9.17, 15) is 0 Å². The first-order chi connectivity index (χ1) is 11.0. The molecule has 0 fully saturated rings. The van der Waals surface area contributed by atoms with Crippen molar-refractivity contribution >= 4 is 29.1 Å². The summed E-state index contributed by atoms with van der Waals surface area (Å²) in [5, 5.41) is 14.9. The van der Waals surface area contributed by atoms with Crippen molar-refractivity contribution < 1.29 is 4.74 Å². The third-order valence-corrected chi connectivity index (χ3v) is 3.97. The van der Waals surface area contributed by atoms with E-state index in [2.05, 4.69) is 20.3 Å². The number of nitrogens with zero attached hydrogens (tertiary/aromatic N) is 6. The number of hydrazone groups is 1. The predicted molar refractivity (Wildman–Crippen MR) is 87.3 cm³/mol. The number of halogens is 1. The highest BCUT2D eigenvalue weighted by molar-refractivity contribution is 6.30. The van der Waals surface area contributed by atoms with Crippen LogP contribution in [0.1, 0.15) is 17.1 Å². The second-order valence-electron chi connectivity index (χ2n) is 5.27. The van der Waals surface area contributed by atoms with Crippen molar-refractivity contribution in [2.24, 2.45) is 5.10 Å². The number of rotatable bonds is 1. The quantitative estimate of drug-likeness (QED) is 0.687. The third kappa shape index (κ3) is 2.12. The summed E-state index contributed by atoms with van der Waals surface area (Å²) in [6, 6.07) is 7.34. The summed E-state index contributed by atoms with van der Waals surface area (Å²) in [5.74, 6) is 3.03. The van der Waals surface area contributed by atoms with E-state index in [1.54, 1.807) is 17.1 Å². The lowest BCUT2D eigenvalue weighted by Gasteiger charge is -2.25. The van der Waals surface area contributed by atoms with Gasteiger partial charge in [0.1, 0.15) is 5.82 Å². The SMILES string of the molecule is Cc1nnc2nc3c(c(C)n12)OC(c1ccc(Cl)cc1)=NN3C. The van der Waals surface area contributed by atoms with Crippen LogP contribution in [0.2, 0.25) is 5.02 Å². The highest BCUT2D eigenvalue weighted by Crippen LogP contribution is 2.34. The fraction of sp³-hybridized carbons (Fsp3) is 0.200. The van der Waals surface area contributed by atoms with E-state index < -0.39 is 0 Å². The Kier molecular flexibility index (Phi) is 2.99. The van der Waals surface area contributed by atoms with Crippen molar-refractivity contribution in [1.29, 1.82) is 0 Å². The lowest BCUT2D eigenvalue weighted by molar-refractivity contribution is 0.518. The zero-order chi connectivity index (χ0) is 16.1. The van der Waals surface area contributed by atoms with Gasteiger partial charge in [0.05, 0.1) is 5.69 Å². The van der Waals surface area contributed by atoms with Crippen LogP contribution in [0.5, 0.6) is 5.75 Å². The molecule has 0 unspecified atom stereocenters. The molecular weight excluding hydrogens is 316 g/mol. The van der Waals surface area contributed by atoms with Crippen molar-refractivity contribution in [3.63, 3.8) is 0 Å². The molecule has 3 heterocycles. The summed E-state index contributed by atoms with van der Waals surface area (Å²) in [7, 11) is 1.82. The van der Waals surface area contributed by atoms with E-state index in [0.29, 0.717) is 28.3 Å². The van der Waals surface area contributed by atoms with Gasteiger partial charge < -0.3 is 4.74 Å². The smallest absolute Gasteiger partial charge is 0.257 e. The maximum atomic E-state index is 6.02. The van der Waals surface area contributed by atoms with Crippen molar-refractivity contribution in [3.05, 3.63) is 46.4 Å². The Labute approximate surface area is 137 Å². The van der Waals surface area contributed by atoms with Gasteiger partial charge in [-0.15, -0.1) is 15.3 Å². The molecule has 3 aromatic rings. The predicted octanol–water partition coefficient (Wildman–Crippen LogP) is 2.58. The normalized spacial score (nSPS) is 13.7. The molecular formula is C15H13ClN6O. The first-order valence-electron chi connectivity index (χ1n) is 7.03. The van der Waals surface area contributed by atoms with Gasteiger partial charge in [-0.25, -0.2) is 5.01 Å². The van der Waals surface area contributed by atoms with Crippen LogP contribution in [0.3, 0.4) is 0 Å². The van der Waals surface area contributed by atoms with Gasteiger partial charge in [-0.05, 0) is 38.1 Å². The summed E-state index contributed by atoms with van der Waals surface area (Å²) in [5.41, 5.74) is 1.72. The number of fused-ring (bicyclic) bond motifs is 2. The topological polar surface area (TPSA) is 67.9 Å². The number of ether oxygens (including phenoxy) is 1. The van der Waals surface area contributed by atoms with Crippen LogP contribution < -0.4 is 9.75 Å². The van der Waals surface area contributed by atoms with E-state index in [1.807, 2.05) is 37.4 Å². The molecule has 1 aromatic carbocycles. The maximum absolute atomic E-state index is 6.02. The molecule has 23 heavy (non-hydrogen) atoms. The van der Waals surface area contributed by atoms with Crippen LogP contribution in [0.4, 0.5) is 5.82 Å². The Morgan fingerprint density at radius 3 is 2.57 bits per heavy atom. The Morgan fingerprint density at radius 1 is 1.09 bits per heavy atom. The molecule has 1 aliphatic heterocycles. The summed E-state index contributed by atoms with van der Waals surface area (Å²) in [6.07, 6.45) is 0. The Morgan fingerprint density at radius 2 is 1.83 bits per heavy atom. The van der Waals surface area contributed by atoms with E-state index >= 15 is 0 Å². The molecule has 4 rings (SSSR count). The largest absolute Gasteiger partial charge is 0.431 e. The van der Waals surface area contributed by atoms with Crippen LogP contribution >= 0.6 is 11.6 Å². The van der Waals surface area contributed by atoms with Crippen molar-refractivity contribution in [3.8, 4) is 5.75 Å². The van der Waals surface area contributed by atoms with E-state index in [-0.39, 0.29) is 0 Å². The zero-order valence-corrected chi connectivity index (χ0v) is 13.5. The van der Waals surface area contributed by atoms with Gasteiger partial charge in [0.15, 0.2) is 11.6 Å². The molecule has 7 nitrogen and oxygen atoms in total. The fourth-order valence-corrected chi connectivity index (χ4v) is 2.70. The number of anilines is 1. The molecule has 0 saturated heterocycles. The lowest BCUT2D eigenvalue weighted by Crippen LogP contribution is -2.26. The first kappa shape index (κ1) is 14.0. The van der Waals surface area contributed by atoms with Gasteiger partial charge in [0, 0.05) is 17.6 Å². The van der Waals surface area contributed by atoms with Gasteiger partial charge in [-0.2, -0.15) is 4.98 Å². The van der Waals surface area contributed by atoms with Gasteiger partial charge in [0.25, 0.3) is 5.78 Å². The summed E-state index contributed by atoms with van der Waals surface area (Å²) >= 11 is 5.94. The Hall–Kier alpha value is -2.67. The van der Waals surface area contributed by atoms with E-state index in [1.165, 1.54) is 0 Å². The van der Waals surface area contributed by atoms with E-state index in [4.69, 9.17) is 16.3 Å². The molecule has 0 radical (unpaired) electrons. The van der Waals surface area contributed by atoms with Gasteiger partial charge >= 0.3 is 0 Å². The van der Waals surface area contributed by atoms with E-state index in [0.717, 1.165) is 17.1 Å². The fourth-order valence-electron chi connectivity index (χ4n) is 2.57. The van der Waals surface area contributed by atoms with Crippen molar-refractivity contribution in [1.82, 2.24) is 19.6 Å². The van der Waals surface area contributed by atoms with Crippen LogP contribution in [-0.2, 0) is 0 Å². The lowest BCUT2D eigenvalue weighted by atomic mass is 10.2. The van der Waals surface area contributed by atoms with Gasteiger partial charge in [0.2, 0.25) is 5.90 Å². The monoisotopic (exact) mass is 328 g/mol. The van der Waals surface area contributed by atoms with Crippen LogP contribution in [0.15, 0.2) is 29.4 Å². The first-order valence-corrected chi connectivity index (χ1v) is 7.41. The molecule has 2 aromatic heterocycles. The molecule has 8 heteroatoms. The van der Waals surface area contributed by atoms with Crippen molar-refractivity contribution in [2.45, 2.75) is 13.8 Å². The van der Waals surface area contributed by atoms with Gasteiger partial charge in [-0.3, -0.25) is 4.40 Å². The molecule has 0 spiro atoms. The number of aryl methyl sites for hydroxylation is 2. The average Bonchev–Trinajstić information content (AvgIpc) is 2.90. The van der Waals surface area contributed by atoms with Crippen LogP contribution in [-0.4, -0.2) is 32.5 Å². The molecule has 0 bridgehead atoms. The standard InChI is InChI=1S/C15H13ClN6O/c1-8-12-13(17-15-19-18-9(2)22(8)15)21(3)20-14(23-12)10-4-6-11(16)7-5-10/h4-7H,1-3H3. The highest BCUT2D eigenvalue weighted by atomic mass is 35.5. The maximum Gasteiger partial charge on any atom is 0.257 e. The van der Waals surface area contributed by atoms with Crippen LogP contribution in [0, 0.1) is 13.8 Å². The number of benzene rings is 1. The minimum absolute atomic E-state index is 0.492.